The Hall–Kier alpha value is -2.00. The third kappa shape index (κ3) is 2.42. The molecule has 0 bridgehead atoms. The summed E-state index contributed by atoms with van der Waals surface area (Å²) in [5, 5.41) is 4.64. The summed E-state index contributed by atoms with van der Waals surface area (Å²) in [5.74, 6) is 1.07. The van der Waals surface area contributed by atoms with E-state index in [0.29, 0.717) is 0 Å². The van der Waals surface area contributed by atoms with E-state index in [1.807, 2.05) is 18.2 Å². The quantitative estimate of drug-likeness (QED) is 0.752. The predicted octanol–water partition coefficient (Wildman–Crippen LogP) is 3.88. The van der Waals surface area contributed by atoms with E-state index in [2.05, 4.69) is 24.4 Å². The van der Waals surface area contributed by atoms with Gasteiger partial charge >= 0.3 is 0 Å². The number of rotatable bonds is 5. The number of para-hydroxylation sites is 1. The highest BCUT2D eigenvalue weighted by atomic mass is 16.3. The van der Waals surface area contributed by atoms with E-state index in [1.165, 1.54) is 10.9 Å². The molecule has 0 amide bonds. The van der Waals surface area contributed by atoms with Crippen molar-refractivity contribution in [3.8, 4) is 0 Å². The summed E-state index contributed by atoms with van der Waals surface area (Å²) in [7, 11) is 0. The molecule has 0 spiro atoms. The van der Waals surface area contributed by atoms with Crippen LogP contribution < -0.4 is 5.32 Å². The van der Waals surface area contributed by atoms with Crippen molar-refractivity contribution in [3.05, 3.63) is 59.7 Å². The van der Waals surface area contributed by atoms with Crippen LogP contribution >= 0.6 is 0 Å². The van der Waals surface area contributed by atoms with E-state index in [4.69, 9.17) is 8.83 Å². The minimum absolute atomic E-state index is 0.805. The molecule has 0 saturated carbocycles. The molecular formula is C16H17NO2. The molecule has 2 aromatic heterocycles. The third-order valence-electron chi connectivity index (χ3n) is 3.31. The van der Waals surface area contributed by atoms with Gasteiger partial charge in [0.1, 0.15) is 11.3 Å². The monoisotopic (exact) mass is 255 g/mol. The van der Waals surface area contributed by atoms with Crippen LogP contribution in [0.1, 0.15) is 23.8 Å². The molecule has 1 N–H and O–H groups in total. The first kappa shape index (κ1) is 12.1. The zero-order valence-electron chi connectivity index (χ0n) is 11.0. The zero-order chi connectivity index (χ0) is 13.1. The highest BCUT2D eigenvalue weighted by Crippen LogP contribution is 2.26. The fraction of sp³-hybridized carbons (Fsp3) is 0.250. The Morgan fingerprint density at radius 2 is 2.00 bits per heavy atom. The van der Waals surface area contributed by atoms with Gasteiger partial charge in [-0.05, 0) is 12.1 Å². The summed E-state index contributed by atoms with van der Waals surface area (Å²) >= 11 is 0. The maximum absolute atomic E-state index is 5.88. The standard InChI is InChI=1S/C16H17NO2/c1-2-15-14(10-17-9-12-7-8-18-11-12)13-5-3-4-6-16(13)19-15/h3-8,11,17H,2,9-10H2,1H3. The van der Waals surface area contributed by atoms with Crippen LogP contribution in [0.15, 0.2) is 51.7 Å². The lowest BCUT2D eigenvalue weighted by molar-refractivity contribution is 0.542. The number of furan rings is 2. The summed E-state index contributed by atoms with van der Waals surface area (Å²) in [5.41, 5.74) is 3.40. The summed E-state index contributed by atoms with van der Waals surface area (Å²) in [6.07, 6.45) is 4.38. The van der Waals surface area contributed by atoms with Crippen LogP contribution in [-0.2, 0) is 19.5 Å². The Balaban J connectivity index is 1.79. The lowest BCUT2D eigenvalue weighted by atomic mass is 10.1. The number of nitrogens with one attached hydrogen (secondary N) is 1. The second-order valence-corrected chi connectivity index (χ2v) is 4.59. The topological polar surface area (TPSA) is 38.3 Å². The van der Waals surface area contributed by atoms with Crippen LogP contribution in [0.4, 0.5) is 0 Å². The van der Waals surface area contributed by atoms with Gasteiger partial charge in [-0.25, -0.2) is 0 Å². The third-order valence-corrected chi connectivity index (χ3v) is 3.31. The molecule has 2 heterocycles. The van der Waals surface area contributed by atoms with Gasteiger partial charge in [-0.15, -0.1) is 0 Å². The van der Waals surface area contributed by atoms with Gasteiger partial charge in [-0.1, -0.05) is 25.1 Å². The molecular weight excluding hydrogens is 238 g/mol. The van der Waals surface area contributed by atoms with Crippen LogP contribution in [-0.4, -0.2) is 0 Å². The molecule has 1 aromatic carbocycles. The second kappa shape index (κ2) is 5.33. The van der Waals surface area contributed by atoms with Crippen LogP contribution in [0, 0.1) is 0 Å². The van der Waals surface area contributed by atoms with Crippen molar-refractivity contribution >= 4 is 11.0 Å². The maximum Gasteiger partial charge on any atom is 0.134 e. The molecule has 19 heavy (non-hydrogen) atoms. The number of aryl methyl sites for hydroxylation is 1. The van der Waals surface area contributed by atoms with E-state index >= 15 is 0 Å². The second-order valence-electron chi connectivity index (χ2n) is 4.59. The Labute approximate surface area is 112 Å². The maximum atomic E-state index is 5.88. The van der Waals surface area contributed by atoms with E-state index in [-0.39, 0.29) is 0 Å². The van der Waals surface area contributed by atoms with Gasteiger partial charge in [0.2, 0.25) is 0 Å². The fourth-order valence-electron chi connectivity index (χ4n) is 2.35. The number of fused-ring (bicyclic) bond motifs is 1. The van der Waals surface area contributed by atoms with Gasteiger partial charge in [0.25, 0.3) is 0 Å². The van der Waals surface area contributed by atoms with Gasteiger partial charge < -0.3 is 14.2 Å². The van der Waals surface area contributed by atoms with Gasteiger partial charge in [0.15, 0.2) is 0 Å². The van der Waals surface area contributed by atoms with Gasteiger partial charge in [-0.3, -0.25) is 0 Å². The first-order chi connectivity index (χ1) is 9.38. The van der Waals surface area contributed by atoms with Crippen LogP contribution in [0.2, 0.25) is 0 Å². The molecule has 3 nitrogen and oxygen atoms in total. The predicted molar refractivity (Wildman–Crippen MR) is 74.8 cm³/mol. The van der Waals surface area contributed by atoms with Crippen molar-refractivity contribution in [2.45, 2.75) is 26.4 Å². The van der Waals surface area contributed by atoms with Gasteiger partial charge in [-0.2, -0.15) is 0 Å². The van der Waals surface area contributed by atoms with Crippen molar-refractivity contribution < 1.29 is 8.83 Å². The molecule has 0 aliphatic rings. The van der Waals surface area contributed by atoms with Crippen LogP contribution in [0.3, 0.4) is 0 Å². The largest absolute Gasteiger partial charge is 0.472 e. The Kier molecular flexibility index (Phi) is 3.38. The highest BCUT2D eigenvalue weighted by Gasteiger charge is 2.11. The lowest BCUT2D eigenvalue weighted by Gasteiger charge is -2.03. The molecule has 0 fully saturated rings. The van der Waals surface area contributed by atoms with Gasteiger partial charge in [0.05, 0.1) is 12.5 Å². The number of benzene rings is 1. The van der Waals surface area contributed by atoms with E-state index < -0.39 is 0 Å². The van der Waals surface area contributed by atoms with Crippen LogP contribution in [0.5, 0.6) is 0 Å². The Bertz CT molecular complexity index is 653. The van der Waals surface area contributed by atoms with E-state index in [0.717, 1.165) is 36.4 Å². The van der Waals surface area contributed by atoms with Crippen molar-refractivity contribution in [1.29, 1.82) is 0 Å². The first-order valence-electron chi connectivity index (χ1n) is 6.59. The Morgan fingerprint density at radius 3 is 2.79 bits per heavy atom. The highest BCUT2D eigenvalue weighted by molar-refractivity contribution is 5.82. The average Bonchev–Trinajstić information content (AvgIpc) is 3.06. The number of hydrogen-bond acceptors (Lipinski definition) is 3. The molecule has 0 aliphatic heterocycles. The minimum atomic E-state index is 0.805. The van der Waals surface area contributed by atoms with Crippen molar-refractivity contribution in [2.75, 3.05) is 0 Å². The smallest absolute Gasteiger partial charge is 0.134 e. The molecule has 3 heteroatoms. The Morgan fingerprint density at radius 1 is 1.11 bits per heavy atom. The van der Waals surface area contributed by atoms with Gasteiger partial charge in [0, 0.05) is 36.0 Å². The molecule has 0 radical (unpaired) electrons. The summed E-state index contributed by atoms with van der Waals surface area (Å²) in [4.78, 5) is 0. The molecule has 98 valence electrons. The SMILES string of the molecule is CCc1oc2ccccc2c1CNCc1ccoc1. The first-order valence-corrected chi connectivity index (χ1v) is 6.59. The molecule has 0 saturated heterocycles. The molecule has 3 aromatic rings. The molecule has 3 rings (SSSR count). The zero-order valence-corrected chi connectivity index (χ0v) is 11.0. The summed E-state index contributed by atoms with van der Waals surface area (Å²) < 4.78 is 10.9. The fourth-order valence-corrected chi connectivity index (χ4v) is 2.35. The minimum Gasteiger partial charge on any atom is -0.472 e. The van der Waals surface area contributed by atoms with Crippen molar-refractivity contribution in [2.24, 2.45) is 0 Å². The van der Waals surface area contributed by atoms with Crippen LogP contribution in [0.25, 0.3) is 11.0 Å². The molecule has 0 atom stereocenters. The van der Waals surface area contributed by atoms with E-state index in [1.54, 1.807) is 12.5 Å². The summed E-state index contributed by atoms with van der Waals surface area (Å²) in [6.45, 7) is 3.74. The van der Waals surface area contributed by atoms with Crippen molar-refractivity contribution in [1.82, 2.24) is 5.32 Å². The summed E-state index contributed by atoms with van der Waals surface area (Å²) in [6, 6.07) is 10.2. The normalized spacial score (nSPS) is 11.2. The molecule has 0 unspecified atom stereocenters. The van der Waals surface area contributed by atoms with Crippen molar-refractivity contribution in [3.63, 3.8) is 0 Å². The van der Waals surface area contributed by atoms with E-state index in [9.17, 15) is 0 Å². The lowest BCUT2D eigenvalue weighted by Crippen LogP contribution is -2.12. The molecule has 0 aliphatic carbocycles. The average molecular weight is 255 g/mol. The number of hydrogen-bond donors (Lipinski definition) is 1.